The van der Waals surface area contributed by atoms with Gasteiger partial charge in [0.2, 0.25) is 5.69 Å². The SMILES string of the molecule is CN(C)C(=O)c1ccc(Nc2c([N+](=O)[O-])cc([C-]=O)c(Nc3ccc(I)cc3Cl)c2F)cc1.[W]. The van der Waals surface area contributed by atoms with E-state index >= 15 is 4.39 Å². The standard InChI is InChI=1S/C22H16ClFIN4O4.W/c1-28(2)22(31)12-3-6-15(7-4-12)26-21-18(29(32)33)9-13(11-30)20(19(21)24)27-17-8-5-14(25)10-16(17)23;/h3-10,26-27H,1-2H3;/q-1;. The van der Waals surface area contributed by atoms with Crippen molar-refractivity contribution in [2.75, 3.05) is 24.7 Å². The molecule has 12 heteroatoms. The predicted molar refractivity (Wildman–Crippen MR) is 133 cm³/mol. The quantitative estimate of drug-likeness (QED) is 0.140. The molecule has 0 atom stereocenters. The Labute approximate surface area is 227 Å². The molecule has 0 saturated carbocycles. The predicted octanol–water partition coefficient (Wildman–Crippen LogP) is 5.64. The minimum absolute atomic E-state index is 0. The van der Waals surface area contributed by atoms with Crippen LogP contribution in [0.4, 0.5) is 32.8 Å². The first-order valence-electron chi connectivity index (χ1n) is 9.32. The van der Waals surface area contributed by atoms with Crippen LogP contribution in [0.25, 0.3) is 0 Å². The Bertz CT molecular complexity index is 1260. The van der Waals surface area contributed by atoms with E-state index in [4.69, 9.17) is 11.6 Å². The van der Waals surface area contributed by atoms with E-state index in [1.54, 1.807) is 32.3 Å². The number of nitrogens with one attached hydrogen (secondary N) is 2. The molecule has 2 N–H and O–H groups in total. The fraction of sp³-hybridized carbons (Fsp3) is 0.0909. The number of carbonyl (C=O) groups is 1. The Hall–Kier alpha value is -2.56. The van der Waals surface area contributed by atoms with Gasteiger partial charge in [-0.1, -0.05) is 17.7 Å². The molecule has 8 nitrogen and oxygen atoms in total. The second kappa shape index (κ2) is 11.7. The van der Waals surface area contributed by atoms with Gasteiger partial charge in [0.15, 0.2) is 0 Å². The summed E-state index contributed by atoms with van der Waals surface area (Å²) in [5.74, 6) is -1.30. The first kappa shape index (κ1) is 27.7. The average Bonchev–Trinajstić information content (AvgIpc) is 2.77. The van der Waals surface area contributed by atoms with Crippen molar-refractivity contribution in [1.82, 2.24) is 4.90 Å². The summed E-state index contributed by atoms with van der Waals surface area (Å²) >= 11 is 8.25. The molecule has 0 fully saturated rings. The number of rotatable bonds is 7. The van der Waals surface area contributed by atoms with Crippen molar-refractivity contribution >= 4 is 74.8 Å². The molecule has 1 amide bonds. The molecule has 3 aromatic carbocycles. The van der Waals surface area contributed by atoms with Crippen LogP contribution < -0.4 is 10.6 Å². The van der Waals surface area contributed by atoms with E-state index in [0.29, 0.717) is 16.9 Å². The van der Waals surface area contributed by atoms with Crippen molar-refractivity contribution in [2.24, 2.45) is 0 Å². The van der Waals surface area contributed by atoms with E-state index in [0.717, 1.165) is 9.64 Å². The molecule has 0 aliphatic rings. The molecule has 0 aliphatic heterocycles. The topological polar surface area (TPSA) is 105 Å². The third-order valence-electron chi connectivity index (χ3n) is 4.55. The number of halogens is 3. The number of carbonyl (C=O) groups excluding carboxylic acids is 2. The molecule has 176 valence electrons. The Morgan fingerprint density at radius 2 is 1.76 bits per heavy atom. The van der Waals surface area contributed by atoms with Crippen molar-refractivity contribution in [3.63, 3.8) is 0 Å². The normalized spacial score (nSPS) is 10.1. The molecule has 34 heavy (non-hydrogen) atoms. The molecule has 3 rings (SSSR count). The van der Waals surface area contributed by atoms with E-state index in [1.165, 1.54) is 35.5 Å². The van der Waals surface area contributed by atoms with Gasteiger partial charge in [-0.2, -0.15) is 0 Å². The van der Waals surface area contributed by atoms with Crippen molar-refractivity contribution < 1.29 is 40.0 Å². The number of hydrogen-bond acceptors (Lipinski definition) is 6. The summed E-state index contributed by atoms with van der Waals surface area (Å²) in [6.45, 7) is 0. The van der Waals surface area contributed by atoms with Gasteiger partial charge < -0.3 is 20.3 Å². The largest absolute Gasteiger partial charge is 0.404 e. The third-order valence-corrected chi connectivity index (χ3v) is 5.53. The van der Waals surface area contributed by atoms with Gasteiger partial charge in [0.05, 0.1) is 16.2 Å². The number of anilines is 4. The molecule has 0 aliphatic carbocycles. The van der Waals surface area contributed by atoms with E-state index in [-0.39, 0.29) is 43.2 Å². The van der Waals surface area contributed by atoms with Gasteiger partial charge in [0, 0.05) is 55.7 Å². The van der Waals surface area contributed by atoms with Crippen LogP contribution in [-0.2, 0) is 25.9 Å². The number of nitro benzene ring substituents is 1. The molecular formula is C22H16ClFIN4O4W-. The summed E-state index contributed by atoms with van der Waals surface area (Å²) < 4.78 is 16.4. The maximum absolute atomic E-state index is 15.5. The maximum atomic E-state index is 15.5. The smallest absolute Gasteiger partial charge is 0.253 e. The number of nitro groups is 1. The number of nitrogens with zero attached hydrogens (tertiary/aromatic N) is 2. The molecule has 3 aromatic rings. The molecule has 0 unspecified atom stereocenters. The Kier molecular flexibility index (Phi) is 9.54. The summed E-state index contributed by atoms with van der Waals surface area (Å²) in [6, 6.07) is 11.9. The zero-order valence-electron chi connectivity index (χ0n) is 17.7. The number of benzene rings is 3. The third kappa shape index (κ3) is 6.11. The van der Waals surface area contributed by atoms with Gasteiger partial charge in [-0.05, 0) is 70.7 Å². The maximum Gasteiger partial charge on any atom is 0.253 e. The Morgan fingerprint density at radius 3 is 2.29 bits per heavy atom. The minimum Gasteiger partial charge on any atom is -0.404 e. The number of hydrogen-bond donors (Lipinski definition) is 2. The van der Waals surface area contributed by atoms with Crippen LogP contribution in [0.1, 0.15) is 15.9 Å². The van der Waals surface area contributed by atoms with Crippen molar-refractivity contribution in [1.29, 1.82) is 0 Å². The zero-order valence-corrected chi connectivity index (χ0v) is 23.5. The van der Waals surface area contributed by atoms with Crippen LogP contribution in [0.5, 0.6) is 0 Å². The summed E-state index contributed by atoms with van der Waals surface area (Å²) in [4.78, 5) is 35.7. The van der Waals surface area contributed by atoms with E-state index < -0.39 is 22.1 Å². The molecule has 0 heterocycles. The molecule has 0 bridgehead atoms. The van der Waals surface area contributed by atoms with Crippen LogP contribution in [-0.4, -0.2) is 36.1 Å². The van der Waals surface area contributed by atoms with Crippen LogP contribution in [0, 0.1) is 19.5 Å². The van der Waals surface area contributed by atoms with Gasteiger partial charge in [0.1, 0.15) is 11.5 Å². The first-order valence-corrected chi connectivity index (χ1v) is 10.8. The van der Waals surface area contributed by atoms with Crippen LogP contribution in [0.3, 0.4) is 0 Å². The number of amides is 1. The van der Waals surface area contributed by atoms with E-state index in [2.05, 4.69) is 33.2 Å². The van der Waals surface area contributed by atoms with E-state index in [1.807, 2.05) is 0 Å². The summed E-state index contributed by atoms with van der Waals surface area (Å²) in [5.41, 5.74) is -0.811. The van der Waals surface area contributed by atoms with Gasteiger partial charge in [-0.3, -0.25) is 14.9 Å². The van der Waals surface area contributed by atoms with Gasteiger partial charge >= 0.3 is 0 Å². The van der Waals surface area contributed by atoms with Crippen LogP contribution in [0.15, 0.2) is 48.5 Å². The monoisotopic (exact) mass is 765 g/mol. The molecule has 0 radical (unpaired) electrons. The molecular weight excluding hydrogens is 749 g/mol. The fourth-order valence-electron chi connectivity index (χ4n) is 2.93. The molecule has 0 spiro atoms. The summed E-state index contributed by atoms with van der Waals surface area (Å²) in [5, 5.41) is 17.3. The zero-order chi connectivity index (χ0) is 24.3. The second-order valence-corrected chi connectivity index (χ2v) is 8.67. The fourth-order valence-corrected chi connectivity index (χ4v) is 3.83. The average molecular weight is 766 g/mol. The molecule has 0 aromatic heterocycles. The van der Waals surface area contributed by atoms with Gasteiger partial charge in [-0.15, -0.1) is 5.56 Å². The van der Waals surface area contributed by atoms with Gasteiger partial charge in [0.25, 0.3) is 5.91 Å². The van der Waals surface area contributed by atoms with E-state index in [9.17, 15) is 19.7 Å². The van der Waals surface area contributed by atoms with Gasteiger partial charge in [-0.25, -0.2) is 4.39 Å². The van der Waals surface area contributed by atoms with Crippen molar-refractivity contribution in [3.05, 3.63) is 84.2 Å². The summed E-state index contributed by atoms with van der Waals surface area (Å²) in [7, 11) is 3.21. The van der Waals surface area contributed by atoms with Crippen molar-refractivity contribution in [3.8, 4) is 0 Å². The van der Waals surface area contributed by atoms with Crippen molar-refractivity contribution in [2.45, 2.75) is 0 Å². The van der Waals surface area contributed by atoms with Crippen LogP contribution >= 0.6 is 34.2 Å². The molecule has 0 saturated heterocycles. The van der Waals surface area contributed by atoms with Crippen LogP contribution in [0.2, 0.25) is 5.02 Å². The Balaban J connectivity index is 0.00000408. The first-order chi connectivity index (χ1) is 15.6. The summed E-state index contributed by atoms with van der Waals surface area (Å²) in [6.07, 6.45) is 1.53. The Morgan fingerprint density at radius 1 is 1.12 bits per heavy atom. The minimum atomic E-state index is -1.06. The second-order valence-electron chi connectivity index (χ2n) is 7.02.